The van der Waals surface area contributed by atoms with Crippen LogP contribution < -0.4 is 26.0 Å². The molecule has 10 nitrogen and oxygen atoms in total. The summed E-state index contributed by atoms with van der Waals surface area (Å²) in [6, 6.07) is 11.6. The molecule has 192 valence electrons. The summed E-state index contributed by atoms with van der Waals surface area (Å²) >= 11 is 0. The van der Waals surface area contributed by atoms with Crippen LogP contribution in [0, 0.1) is 5.41 Å². The Balaban J connectivity index is 1.57. The molecule has 0 amide bonds. The zero-order valence-electron chi connectivity index (χ0n) is 21.5. The van der Waals surface area contributed by atoms with Crippen LogP contribution in [0.1, 0.15) is 5.56 Å². The Morgan fingerprint density at radius 2 is 1.87 bits per heavy atom. The summed E-state index contributed by atoms with van der Waals surface area (Å²) in [6.45, 7) is 4.40. The molecule has 38 heavy (non-hydrogen) atoms. The van der Waals surface area contributed by atoms with Crippen molar-refractivity contribution in [2.24, 2.45) is 0 Å². The van der Waals surface area contributed by atoms with Crippen LogP contribution in [-0.2, 0) is 0 Å². The molecule has 0 saturated carbocycles. The Morgan fingerprint density at radius 3 is 2.63 bits per heavy atom. The van der Waals surface area contributed by atoms with Crippen molar-refractivity contribution in [3.05, 3.63) is 66.8 Å². The maximum Gasteiger partial charge on any atom is 0.231 e. The second-order valence-electron chi connectivity index (χ2n) is 8.61. The number of nitrogens with zero attached hydrogens (tertiary/aromatic N) is 4. The molecule has 0 aliphatic carbocycles. The molecular weight excluding hydrogens is 497 g/mol. The number of benzene rings is 2. The number of methoxy groups -OCH3 is 1. The quantitative estimate of drug-likeness (QED) is 0.134. The first-order chi connectivity index (χ1) is 18.5. The summed E-state index contributed by atoms with van der Waals surface area (Å²) < 4.78 is 5.58. The summed E-state index contributed by atoms with van der Waals surface area (Å²) in [7, 11) is 2.92. The molecule has 0 aliphatic rings. The molecule has 0 radical (unpaired) electrons. The lowest BCUT2D eigenvalue weighted by atomic mass is 10.1. The number of H-pyrrole nitrogens is 1. The van der Waals surface area contributed by atoms with Crippen LogP contribution in [-0.4, -0.2) is 58.6 Å². The van der Waals surface area contributed by atoms with Gasteiger partial charge < -0.3 is 31.1 Å². The molecule has 11 heteroatoms. The highest BCUT2D eigenvalue weighted by Gasteiger charge is 2.17. The van der Waals surface area contributed by atoms with Crippen LogP contribution in [0.4, 0.5) is 23.1 Å². The second-order valence-corrected chi connectivity index (χ2v) is 10.8. The van der Waals surface area contributed by atoms with Crippen molar-refractivity contribution >= 4 is 70.2 Å². The van der Waals surface area contributed by atoms with Gasteiger partial charge in [-0.3, -0.25) is 9.97 Å². The monoisotopic (exact) mass is 525 g/mol. The van der Waals surface area contributed by atoms with Crippen molar-refractivity contribution < 1.29 is 4.74 Å². The van der Waals surface area contributed by atoms with E-state index in [9.17, 15) is 0 Å². The van der Waals surface area contributed by atoms with Gasteiger partial charge >= 0.3 is 0 Å². The first-order valence-electron chi connectivity index (χ1n) is 11.9. The Hall–Kier alpha value is -4.56. The minimum absolute atomic E-state index is 0.393. The third kappa shape index (κ3) is 4.86. The highest BCUT2D eigenvalue weighted by Crippen LogP contribution is 2.35. The Morgan fingerprint density at radius 1 is 1.03 bits per heavy atom. The fourth-order valence-electron chi connectivity index (χ4n) is 4.27. The van der Waals surface area contributed by atoms with Crippen LogP contribution >= 0.6 is 7.92 Å². The molecular formula is C27H28N9OP. The number of allylic oxidation sites excluding steroid dienone is 1. The van der Waals surface area contributed by atoms with E-state index in [0.717, 1.165) is 38.5 Å². The molecule has 0 fully saturated rings. The number of aromatic amines is 1. The lowest BCUT2D eigenvalue weighted by Crippen LogP contribution is -2.12. The van der Waals surface area contributed by atoms with Crippen molar-refractivity contribution in [3.63, 3.8) is 0 Å². The van der Waals surface area contributed by atoms with Crippen LogP contribution in [0.15, 0.2) is 61.2 Å². The lowest BCUT2D eigenvalue weighted by Gasteiger charge is -2.17. The van der Waals surface area contributed by atoms with Gasteiger partial charge in [-0.25, -0.2) is 0 Å². The zero-order chi connectivity index (χ0) is 26.6. The van der Waals surface area contributed by atoms with E-state index < -0.39 is 7.92 Å². The van der Waals surface area contributed by atoms with Gasteiger partial charge in [0.25, 0.3) is 0 Å². The van der Waals surface area contributed by atoms with Gasteiger partial charge in [-0.2, -0.15) is 9.97 Å². The standard InChI is InChI=1S/C27H28N9OP/c1-29-15-17(14-28)16-5-8-22(37-2)21(13-16)34-27-35-25-18(9-10-32-25)26(36-27)33-20-7-6-19-23(24(20)38(3)4)31-12-11-30-19/h5-15,28-29H,1-4H3,(H3,32,33,34,35,36)/b17-15+,28-14?. The fourth-order valence-corrected chi connectivity index (χ4v) is 5.47. The fraction of sp³-hybridized carbons (Fsp3) is 0.148. The first-order valence-corrected chi connectivity index (χ1v) is 14.1. The topological polar surface area (TPSA) is 137 Å². The lowest BCUT2D eigenvalue weighted by molar-refractivity contribution is 0.416. The maximum atomic E-state index is 7.77. The highest BCUT2D eigenvalue weighted by molar-refractivity contribution is 7.65. The molecule has 0 aliphatic heterocycles. The van der Waals surface area contributed by atoms with Gasteiger partial charge in [-0.15, -0.1) is 0 Å². The van der Waals surface area contributed by atoms with Crippen LogP contribution in [0.25, 0.3) is 27.6 Å². The Kier molecular flexibility index (Phi) is 7.15. The van der Waals surface area contributed by atoms with Crippen molar-refractivity contribution in [2.75, 3.05) is 38.1 Å². The number of aromatic nitrogens is 5. The highest BCUT2D eigenvalue weighted by atomic mass is 31.1. The van der Waals surface area contributed by atoms with Gasteiger partial charge in [-0.05, 0) is 49.2 Å². The van der Waals surface area contributed by atoms with E-state index in [1.165, 1.54) is 6.21 Å². The van der Waals surface area contributed by atoms with E-state index in [1.807, 2.05) is 42.6 Å². The summed E-state index contributed by atoms with van der Waals surface area (Å²) in [5.74, 6) is 1.68. The number of fused-ring (bicyclic) bond motifs is 2. The molecule has 0 unspecified atom stereocenters. The number of rotatable bonds is 9. The smallest absolute Gasteiger partial charge is 0.231 e. The van der Waals surface area contributed by atoms with Gasteiger partial charge in [0.2, 0.25) is 5.95 Å². The van der Waals surface area contributed by atoms with Crippen LogP contribution in [0.2, 0.25) is 0 Å². The van der Waals surface area contributed by atoms with Crippen molar-refractivity contribution in [3.8, 4) is 5.75 Å². The molecule has 5 rings (SSSR count). The van der Waals surface area contributed by atoms with E-state index in [2.05, 4.69) is 49.2 Å². The molecule has 3 aromatic heterocycles. The first kappa shape index (κ1) is 25.1. The molecule has 5 aromatic rings. The number of nitrogens with one attached hydrogen (secondary N) is 5. The minimum atomic E-state index is -0.490. The number of hydrogen-bond donors (Lipinski definition) is 5. The average Bonchev–Trinajstić information content (AvgIpc) is 3.40. The average molecular weight is 526 g/mol. The van der Waals surface area contributed by atoms with Crippen LogP contribution in [0.5, 0.6) is 5.75 Å². The molecule has 0 saturated heterocycles. The van der Waals surface area contributed by atoms with E-state index in [1.54, 1.807) is 32.8 Å². The second kappa shape index (κ2) is 10.8. The summed E-state index contributed by atoms with van der Waals surface area (Å²) in [5.41, 5.74) is 5.63. The van der Waals surface area contributed by atoms with Gasteiger partial charge in [0.05, 0.1) is 29.2 Å². The molecule has 0 bridgehead atoms. The summed E-state index contributed by atoms with van der Waals surface area (Å²) in [6.07, 6.45) is 8.34. The maximum absolute atomic E-state index is 7.77. The van der Waals surface area contributed by atoms with Gasteiger partial charge in [0.1, 0.15) is 17.2 Å². The van der Waals surface area contributed by atoms with E-state index >= 15 is 0 Å². The third-order valence-corrected chi connectivity index (χ3v) is 7.31. The van der Waals surface area contributed by atoms with Crippen molar-refractivity contribution in [1.29, 1.82) is 5.41 Å². The van der Waals surface area contributed by atoms with Crippen LogP contribution in [0.3, 0.4) is 0 Å². The van der Waals surface area contributed by atoms with E-state index in [0.29, 0.717) is 28.9 Å². The molecule has 2 aromatic carbocycles. The molecule has 3 heterocycles. The normalized spacial score (nSPS) is 11.7. The predicted molar refractivity (Wildman–Crippen MR) is 157 cm³/mol. The molecule has 5 N–H and O–H groups in total. The van der Waals surface area contributed by atoms with Crippen molar-refractivity contribution in [1.82, 2.24) is 30.2 Å². The number of hydrogen-bond acceptors (Lipinski definition) is 9. The number of anilines is 4. The summed E-state index contributed by atoms with van der Waals surface area (Å²) in [5, 5.41) is 19.6. The Labute approximate surface area is 221 Å². The van der Waals surface area contributed by atoms with Gasteiger partial charge in [0.15, 0.2) is 0 Å². The minimum Gasteiger partial charge on any atom is -0.495 e. The van der Waals surface area contributed by atoms with E-state index in [-0.39, 0.29) is 0 Å². The van der Waals surface area contributed by atoms with Gasteiger partial charge in [-0.1, -0.05) is 14.0 Å². The molecule has 0 atom stereocenters. The van der Waals surface area contributed by atoms with E-state index in [4.69, 9.17) is 15.1 Å². The summed E-state index contributed by atoms with van der Waals surface area (Å²) in [4.78, 5) is 21.8. The van der Waals surface area contributed by atoms with Crippen molar-refractivity contribution in [2.45, 2.75) is 0 Å². The predicted octanol–water partition coefficient (Wildman–Crippen LogP) is 4.97. The Bertz CT molecular complexity index is 1660. The molecule has 0 spiro atoms. The largest absolute Gasteiger partial charge is 0.495 e. The zero-order valence-corrected chi connectivity index (χ0v) is 22.4. The third-order valence-electron chi connectivity index (χ3n) is 5.96. The van der Waals surface area contributed by atoms with Gasteiger partial charge in [0, 0.05) is 54.6 Å². The SMILES string of the molecule is CN/C=C(\C=N)c1ccc(OC)c(Nc2nc(Nc3ccc4nccnc4c3P(C)C)c3cc[nH]c3n2)c1. The number of ether oxygens (including phenoxy) is 1.